The highest BCUT2D eigenvalue weighted by Crippen LogP contribution is 2.30. The molecule has 0 aliphatic carbocycles. The summed E-state index contributed by atoms with van der Waals surface area (Å²) >= 11 is 0. The largest absolute Gasteiger partial charge is 0.459 e. The third-order valence-corrected chi connectivity index (χ3v) is 3.51. The number of nitrogens with zero attached hydrogens (tertiary/aromatic N) is 1. The summed E-state index contributed by atoms with van der Waals surface area (Å²) < 4.78 is 6.01. The highest BCUT2D eigenvalue weighted by molar-refractivity contribution is 5.94. The van der Waals surface area contributed by atoms with E-state index in [4.69, 9.17) is 4.42 Å². The molecule has 0 fully saturated rings. The first-order valence-electron chi connectivity index (χ1n) is 6.96. The van der Waals surface area contributed by atoms with Crippen LogP contribution in [0.2, 0.25) is 0 Å². The van der Waals surface area contributed by atoms with Crippen molar-refractivity contribution in [3.8, 4) is 11.3 Å². The number of aromatic nitrogens is 1. The lowest BCUT2D eigenvalue weighted by atomic mass is 10.1. The van der Waals surface area contributed by atoms with E-state index in [1.807, 2.05) is 36.7 Å². The molecule has 0 aliphatic rings. The molecule has 2 heterocycles. The maximum absolute atomic E-state index is 6.01. The van der Waals surface area contributed by atoms with E-state index in [0.29, 0.717) is 0 Å². The van der Waals surface area contributed by atoms with Gasteiger partial charge in [-0.1, -0.05) is 25.1 Å². The molecule has 3 heteroatoms. The lowest BCUT2D eigenvalue weighted by molar-refractivity contribution is 0.445. The Bertz CT molecular complexity index is 712. The minimum Gasteiger partial charge on any atom is -0.459 e. The van der Waals surface area contributed by atoms with E-state index in [0.717, 1.165) is 29.0 Å². The molecule has 1 unspecified atom stereocenters. The van der Waals surface area contributed by atoms with E-state index in [9.17, 15) is 0 Å². The van der Waals surface area contributed by atoms with Crippen LogP contribution < -0.4 is 5.32 Å². The van der Waals surface area contributed by atoms with Crippen LogP contribution in [0.5, 0.6) is 0 Å². The molecule has 0 saturated carbocycles. The minimum atomic E-state index is 0.227. The Hall–Kier alpha value is -2.13. The highest BCUT2D eigenvalue weighted by atomic mass is 16.3. The van der Waals surface area contributed by atoms with E-state index < -0.39 is 0 Å². The van der Waals surface area contributed by atoms with Crippen LogP contribution in [-0.4, -0.2) is 11.5 Å². The number of hydrogen-bond donors (Lipinski definition) is 1. The summed E-state index contributed by atoms with van der Waals surface area (Å²) in [7, 11) is 0. The fraction of sp³-hybridized carbons (Fsp3) is 0.235. The Morgan fingerprint density at radius 2 is 2.10 bits per heavy atom. The van der Waals surface area contributed by atoms with Crippen LogP contribution in [0.1, 0.15) is 25.6 Å². The number of nitrogens with one attached hydrogen (secondary N) is 1. The Balaban J connectivity index is 2.03. The first-order valence-corrected chi connectivity index (χ1v) is 6.96. The van der Waals surface area contributed by atoms with Crippen molar-refractivity contribution in [3.63, 3.8) is 0 Å². The molecule has 1 N–H and O–H groups in total. The second-order valence-corrected chi connectivity index (χ2v) is 4.88. The van der Waals surface area contributed by atoms with Gasteiger partial charge in [-0.2, -0.15) is 0 Å². The van der Waals surface area contributed by atoms with Gasteiger partial charge in [0.25, 0.3) is 0 Å². The van der Waals surface area contributed by atoms with Crippen molar-refractivity contribution >= 4 is 10.8 Å². The molecule has 0 saturated heterocycles. The monoisotopic (exact) mass is 266 g/mol. The van der Waals surface area contributed by atoms with E-state index in [2.05, 4.69) is 36.3 Å². The Morgan fingerprint density at radius 3 is 2.95 bits per heavy atom. The Labute approximate surface area is 118 Å². The highest BCUT2D eigenvalue weighted by Gasteiger charge is 2.12. The number of hydrogen-bond acceptors (Lipinski definition) is 3. The first-order chi connectivity index (χ1) is 9.79. The van der Waals surface area contributed by atoms with Gasteiger partial charge in [0.15, 0.2) is 0 Å². The van der Waals surface area contributed by atoms with Crippen LogP contribution in [0.15, 0.2) is 53.2 Å². The molecular weight excluding hydrogens is 248 g/mol. The standard InChI is InChI=1S/C17H18N2O/c1-3-19-12(2)16-7-8-17(20-16)15-6-4-5-13-11-18-10-9-14(13)15/h4-12,19H,3H2,1-2H3. The quantitative estimate of drug-likeness (QED) is 0.770. The first kappa shape index (κ1) is 12.9. The number of fused-ring (bicyclic) bond motifs is 1. The van der Waals surface area contributed by atoms with Crippen molar-refractivity contribution < 1.29 is 4.42 Å². The van der Waals surface area contributed by atoms with Gasteiger partial charge in [-0.3, -0.25) is 4.98 Å². The molecule has 0 spiro atoms. The average Bonchev–Trinajstić information content (AvgIpc) is 2.97. The fourth-order valence-corrected chi connectivity index (χ4v) is 2.47. The normalized spacial score (nSPS) is 12.7. The van der Waals surface area contributed by atoms with Gasteiger partial charge in [-0.25, -0.2) is 0 Å². The zero-order valence-electron chi connectivity index (χ0n) is 11.8. The predicted molar refractivity (Wildman–Crippen MR) is 81.5 cm³/mol. The van der Waals surface area contributed by atoms with Gasteiger partial charge in [-0.15, -0.1) is 0 Å². The van der Waals surface area contributed by atoms with E-state index >= 15 is 0 Å². The van der Waals surface area contributed by atoms with Crippen molar-refractivity contribution in [3.05, 3.63) is 54.6 Å². The van der Waals surface area contributed by atoms with Crippen LogP contribution in [0.4, 0.5) is 0 Å². The van der Waals surface area contributed by atoms with Crippen molar-refractivity contribution in [1.29, 1.82) is 0 Å². The molecule has 20 heavy (non-hydrogen) atoms. The van der Waals surface area contributed by atoms with Gasteiger partial charge < -0.3 is 9.73 Å². The van der Waals surface area contributed by atoms with Crippen LogP contribution in [0.3, 0.4) is 0 Å². The number of pyridine rings is 1. The third kappa shape index (κ3) is 2.32. The molecule has 0 bridgehead atoms. The van der Waals surface area contributed by atoms with Crippen molar-refractivity contribution in [2.45, 2.75) is 19.9 Å². The lowest BCUT2D eigenvalue weighted by Crippen LogP contribution is -2.16. The van der Waals surface area contributed by atoms with Crippen LogP contribution in [0.25, 0.3) is 22.1 Å². The maximum atomic E-state index is 6.01. The molecule has 0 aliphatic heterocycles. The average molecular weight is 266 g/mol. The molecule has 3 nitrogen and oxygen atoms in total. The third-order valence-electron chi connectivity index (χ3n) is 3.51. The molecule has 0 radical (unpaired) electrons. The van der Waals surface area contributed by atoms with Crippen LogP contribution >= 0.6 is 0 Å². The summed E-state index contributed by atoms with van der Waals surface area (Å²) in [6, 6.07) is 12.5. The molecule has 1 aromatic carbocycles. The van der Waals surface area contributed by atoms with Crippen molar-refractivity contribution in [2.75, 3.05) is 6.54 Å². The SMILES string of the molecule is CCNC(C)c1ccc(-c2cccc3cnccc23)o1. The van der Waals surface area contributed by atoms with Gasteiger partial charge in [-0.05, 0) is 37.1 Å². The molecule has 1 atom stereocenters. The van der Waals surface area contributed by atoms with Gasteiger partial charge in [0.1, 0.15) is 11.5 Å². The molecule has 3 aromatic rings. The second kappa shape index (κ2) is 5.47. The van der Waals surface area contributed by atoms with Gasteiger partial charge in [0.05, 0.1) is 6.04 Å². The van der Waals surface area contributed by atoms with Crippen molar-refractivity contribution in [2.24, 2.45) is 0 Å². The van der Waals surface area contributed by atoms with Crippen LogP contribution in [0, 0.1) is 0 Å². The summed E-state index contributed by atoms with van der Waals surface area (Å²) in [5.74, 6) is 1.87. The minimum absolute atomic E-state index is 0.227. The molecule has 3 rings (SSSR count). The van der Waals surface area contributed by atoms with E-state index in [1.54, 1.807) is 0 Å². The molecule has 102 valence electrons. The summed E-state index contributed by atoms with van der Waals surface area (Å²) in [4.78, 5) is 4.16. The van der Waals surface area contributed by atoms with Crippen molar-refractivity contribution in [1.82, 2.24) is 10.3 Å². The summed E-state index contributed by atoms with van der Waals surface area (Å²) in [5.41, 5.74) is 1.11. The summed E-state index contributed by atoms with van der Waals surface area (Å²) in [6.45, 7) is 5.13. The predicted octanol–water partition coefficient (Wildman–Crippen LogP) is 4.17. The van der Waals surface area contributed by atoms with Gasteiger partial charge >= 0.3 is 0 Å². The summed E-state index contributed by atoms with van der Waals surface area (Å²) in [6.07, 6.45) is 3.70. The summed E-state index contributed by atoms with van der Waals surface area (Å²) in [5, 5.41) is 5.65. The Morgan fingerprint density at radius 1 is 1.20 bits per heavy atom. The molecular formula is C17H18N2O. The number of furan rings is 1. The smallest absolute Gasteiger partial charge is 0.134 e. The number of benzene rings is 1. The van der Waals surface area contributed by atoms with E-state index in [1.165, 1.54) is 5.39 Å². The van der Waals surface area contributed by atoms with E-state index in [-0.39, 0.29) is 6.04 Å². The van der Waals surface area contributed by atoms with Gasteiger partial charge in [0.2, 0.25) is 0 Å². The maximum Gasteiger partial charge on any atom is 0.134 e. The van der Waals surface area contributed by atoms with Crippen LogP contribution in [-0.2, 0) is 0 Å². The Kier molecular flexibility index (Phi) is 3.52. The molecule has 2 aromatic heterocycles. The van der Waals surface area contributed by atoms with Gasteiger partial charge in [0, 0.05) is 23.3 Å². The molecule has 0 amide bonds. The lowest BCUT2D eigenvalue weighted by Gasteiger charge is -2.09. The zero-order valence-corrected chi connectivity index (χ0v) is 11.8. The second-order valence-electron chi connectivity index (χ2n) is 4.88. The number of rotatable bonds is 4. The fourth-order valence-electron chi connectivity index (χ4n) is 2.47. The zero-order chi connectivity index (χ0) is 13.9. The topological polar surface area (TPSA) is 38.1 Å².